The van der Waals surface area contributed by atoms with Crippen molar-refractivity contribution >= 4 is 27.8 Å². The molecule has 0 amide bonds. The van der Waals surface area contributed by atoms with Crippen molar-refractivity contribution in [2.24, 2.45) is 0 Å². The number of fused-ring (bicyclic) bond motifs is 3. The Hall–Kier alpha value is -2.38. The molecule has 1 unspecified atom stereocenters. The van der Waals surface area contributed by atoms with Gasteiger partial charge >= 0.3 is 0 Å². The molecule has 1 fully saturated rings. The van der Waals surface area contributed by atoms with Gasteiger partial charge in [0.25, 0.3) is 5.56 Å². The van der Waals surface area contributed by atoms with Gasteiger partial charge in [-0.1, -0.05) is 13.3 Å². The zero-order valence-corrected chi connectivity index (χ0v) is 14.9. The van der Waals surface area contributed by atoms with Gasteiger partial charge in [-0.05, 0) is 31.0 Å². The van der Waals surface area contributed by atoms with Crippen molar-refractivity contribution in [3.8, 4) is 0 Å². The Morgan fingerprint density at radius 1 is 1.46 bits per heavy atom. The van der Waals surface area contributed by atoms with Crippen LogP contribution >= 0.6 is 0 Å². The maximum absolute atomic E-state index is 12.4. The highest BCUT2D eigenvalue weighted by molar-refractivity contribution is 6.03. The van der Waals surface area contributed by atoms with Gasteiger partial charge in [0, 0.05) is 30.7 Å². The zero-order chi connectivity index (χ0) is 18.1. The molecule has 1 atom stereocenters. The summed E-state index contributed by atoms with van der Waals surface area (Å²) in [5.74, 6) is 0.601. The van der Waals surface area contributed by atoms with E-state index in [2.05, 4.69) is 27.1 Å². The van der Waals surface area contributed by atoms with Crippen molar-refractivity contribution < 1.29 is 9.52 Å². The number of aromatic nitrogens is 2. The molecule has 1 saturated heterocycles. The van der Waals surface area contributed by atoms with E-state index in [0.717, 1.165) is 43.4 Å². The summed E-state index contributed by atoms with van der Waals surface area (Å²) in [7, 11) is 0. The molecule has 1 aliphatic rings. The molecule has 7 heteroatoms. The SMILES string of the molecule is CCCCNc1ccc2oc3c(=O)[nH]c(CN4CCC(O)C4)nc3c2c1. The molecule has 1 aromatic carbocycles. The Morgan fingerprint density at radius 3 is 3.12 bits per heavy atom. The van der Waals surface area contributed by atoms with Gasteiger partial charge in [-0.15, -0.1) is 0 Å². The van der Waals surface area contributed by atoms with Gasteiger partial charge in [0.1, 0.15) is 16.9 Å². The summed E-state index contributed by atoms with van der Waals surface area (Å²) in [6, 6.07) is 5.83. The van der Waals surface area contributed by atoms with Crippen LogP contribution in [0.5, 0.6) is 0 Å². The van der Waals surface area contributed by atoms with E-state index < -0.39 is 0 Å². The molecular weight excluding hydrogens is 332 g/mol. The van der Waals surface area contributed by atoms with Crippen molar-refractivity contribution in [1.29, 1.82) is 0 Å². The lowest BCUT2D eigenvalue weighted by molar-refractivity contribution is 0.174. The first kappa shape index (κ1) is 17.1. The number of hydrogen-bond acceptors (Lipinski definition) is 6. The van der Waals surface area contributed by atoms with Crippen LogP contribution in [-0.2, 0) is 6.54 Å². The number of benzene rings is 1. The van der Waals surface area contributed by atoms with E-state index in [0.29, 0.717) is 30.0 Å². The minimum Gasteiger partial charge on any atom is -0.449 e. The molecule has 7 nitrogen and oxygen atoms in total. The largest absolute Gasteiger partial charge is 0.449 e. The van der Waals surface area contributed by atoms with Crippen LogP contribution in [0.3, 0.4) is 0 Å². The second-order valence-corrected chi connectivity index (χ2v) is 6.96. The predicted molar refractivity (Wildman–Crippen MR) is 101 cm³/mol. The Kier molecular flexibility index (Phi) is 4.65. The number of unbranched alkanes of at least 4 members (excludes halogenated alkanes) is 1. The number of rotatable bonds is 6. The van der Waals surface area contributed by atoms with Gasteiger partial charge in [0.15, 0.2) is 0 Å². The number of aliphatic hydroxyl groups is 1. The standard InChI is InChI=1S/C19H24N4O3/c1-2-3-7-20-12-4-5-15-14(9-12)17-18(26-15)19(25)22-16(21-17)11-23-8-6-13(24)10-23/h4-5,9,13,20,24H,2-3,6-8,10-11H2,1H3,(H,21,22,25). The third kappa shape index (κ3) is 3.32. The maximum atomic E-state index is 12.4. The molecule has 0 bridgehead atoms. The Labute approximate surface area is 151 Å². The summed E-state index contributed by atoms with van der Waals surface area (Å²) in [5.41, 5.74) is 2.25. The second-order valence-electron chi connectivity index (χ2n) is 6.96. The monoisotopic (exact) mass is 356 g/mol. The zero-order valence-electron chi connectivity index (χ0n) is 14.9. The van der Waals surface area contributed by atoms with Gasteiger partial charge < -0.3 is 19.8 Å². The first-order valence-electron chi connectivity index (χ1n) is 9.24. The molecule has 0 saturated carbocycles. The van der Waals surface area contributed by atoms with Crippen LogP contribution in [0.4, 0.5) is 5.69 Å². The molecule has 2 aromatic heterocycles. The number of nitrogens with one attached hydrogen (secondary N) is 2. The first-order valence-corrected chi connectivity index (χ1v) is 9.24. The van der Waals surface area contributed by atoms with Gasteiger partial charge in [0.2, 0.25) is 5.58 Å². The van der Waals surface area contributed by atoms with Crippen LogP contribution in [0.2, 0.25) is 0 Å². The molecule has 26 heavy (non-hydrogen) atoms. The van der Waals surface area contributed by atoms with Gasteiger partial charge in [-0.2, -0.15) is 0 Å². The summed E-state index contributed by atoms with van der Waals surface area (Å²) < 4.78 is 5.72. The number of anilines is 1. The van der Waals surface area contributed by atoms with E-state index >= 15 is 0 Å². The summed E-state index contributed by atoms with van der Waals surface area (Å²) in [6.07, 6.45) is 2.70. The van der Waals surface area contributed by atoms with E-state index in [1.807, 2.05) is 18.2 Å². The van der Waals surface area contributed by atoms with Crippen molar-refractivity contribution in [2.45, 2.75) is 38.8 Å². The lowest BCUT2D eigenvalue weighted by atomic mass is 10.2. The molecule has 0 aliphatic carbocycles. The number of likely N-dealkylation sites (tertiary alicyclic amines) is 1. The fraction of sp³-hybridized carbons (Fsp3) is 0.474. The summed E-state index contributed by atoms with van der Waals surface area (Å²) >= 11 is 0. The fourth-order valence-corrected chi connectivity index (χ4v) is 3.46. The van der Waals surface area contributed by atoms with Crippen LogP contribution in [0.1, 0.15) is 32.0 Å². The smallest absolute Gasteiger partial charge is 0.294 e. The topological polar surface area (TPSA) is 94.4 Å². The molecule has 3 aromatic rings. The van der Waals surface area contributed by atoms with E-state index in [1.54, 1.807) is 0 Å². The minimum atomic E-state index is -0.294. The van der Waals surface area contributed by atoms with E-state index in [4.69, 9.17) is 4.42 Å². The Morgan fingerprint density at radius 2 is 2.35 bits per heavy atom. The fourth-order valence-electron chi connectivity index (χ4n) is 3.46. The van der Waals surface area contributed by atoms with Crippen molar-refractivity contribution in [3.05, 3.63) is 34.4 Å². The van der Waals surface area contributed by atoms with Crippen LogP contribution in [0.25, 0.3) is 22.1 Å². The molecular formula is C19H24N4O3. The molecule has 4 rings (SSSR count). The quantitative estimate of drug-likeness (QED) is 0.587. The van der Waals surface area contributed by atoms with Crippen molar-refractivity contribution in [3.63, 3.8) is 0 Å². The van der Waals surface area contributed by atoms with Gasteiger partial charge in [-0.25, -0.2) is 4.98 Å². The molecule has 0 spiro atoms. The number of aliphatic hydroxyl groups excluding tert-OH is 1. The average molecular weight is 356 g/mol. The van der Waals surface area contributed by atoms with Crippen molar-refractivity contribution in [2.75, 3.05) is 25.0 Å². The lowest BCUT2D eigenvalue weighted by Gasteiger charge is -2.13. The molecule has 1 aliphatic heterocycles. The van der Waals surface area contributed by atoms with E-state index in [-0.39, 0.29) is 17.2 Å². The van der Waals surface area contributed by atoms with Crippen molar-refractivity contribution in [1.82, 2.24) is 14.9 Å². The highest BCUT2D eigenvalue weighted by Gasteiger charge is 2.22. The lowest BCUT2D eigenvalue weighted by Crippen LogP contribution is -2.24. The second kappa shape index (κ2) is 7.09. The minimum absolute atomic E-state index is 0.260. The molecule has 138 valence electrons. The van der Waals surface area contributed by atoms with Crippen LogP contribution in [0.15, 0.2) is 27.4 Å². The molecule has 3 heterocycles. The van der Waals surface area contributed by atoms with Gasteiger partial charge in [0.05, 0.1) is 12.6 Å². The van der Waals surface area contributed by atoms with Crippen LogP contribution in [0, 0.1) is 0 Å². The predicted octanol–water partition coefficient (Wildman–Crippen LogP) is 2.45. The number of β-amino-alcohol motifs (C(OH)–C–C–N with tert-alkyl or cyclic N) is 1. The number of nitrogens with zero attached hydrogens (tertiary/aromatic N) is 2. The van der Waals surface area contributed by atoms with E-state index in [1.165, 1.54) is 0 Å². The highest BCUT2D eigenvalue weighted by Crippen LogP contribution is 2.28. The summed E-state index contributed by atoms with van der Waals surface area (Å²) in [5, 5.41) is 13.9. The Bertz CT molecular complexity index is 978. The normalized spacial score (nSPS) is 18.2. The van der Waals surface area contributed by atoms with E-state index in [9.17, 15) is 9.90 Å². The van der Waals surface area contributed by atoms with Crippen LogP contribution in [-0.4, -0.2) is 45.7 Å². The maximum Gasteiger partial charge on any atom is 0.294 e. The summed E-state index contributed by atoms with van der Waals surface area (Å²) in [4.78, 5) is 22.0. The third-order valence-corrected chi connectivity index (χ3v) is 4.85. The number of furan rings is 1. The number of hydrogen-bond donors (Lipinski definition) is 3. The number of aromatic amines is 1. The Balaban J connectivity index is 1.69. The number of H-pyrrole nitrogens is 1. The van der Waals surface area contributed by atoms with Crippen LogP contribution < -0.4 is 10.9 Å². The highest BCUT2D eigenvalue weighted by atomic mass is 16.3. The first-order chi connectivity index (χ1) is 12.6. The third-order valence-electron chi connectivity index (χ3n) is 4.85. The average Bonchev–Trinajstić information content (AvgIpc) is 3.19. The molecule has 0 radical (unpaired) electrons. The molecule has 3 N–H and O–H groups in total. The summed E-state index contributed by atoms with van der Waals surface area (Å²) in [6.45, 7) is 5.00. The van der Waals surface area contributed by atoms with Gasteiger partial charge in [-0.3, -0.25) is 9.69 Å².